The molecule has 2 aromatic rings. The Hall–Kier alpha value is -2.47. The smallest absolute Gasteiger partial charge is 0.270 e. The first-order valence-corrected chi connectivity index (χ1v) is 8.10. The monoisotopic (exact) mass is 344 g/mol. The summed E-state index contributed by atoms with van der Waals surface area (Å²) in [5, 5.41) is 3.29. The van der Waals surface area contributed by atoms with Gasteiger partial charge in [-0.2, -0.15) is 0 Å². The summed E-state index contributed by atoms with van der Waals surface area (Å²) >= 11 is 6.19. The van der Waals surface area contributed by atoms with Crippen molar-refractivity contribution in [2.75, 3.05) is 11.4 Å². The number of carbonyl (C=O) groups excluding carboxylic acids is 2. The second-order valence-electron chi connectivity index (χ2n) is 5.60. The molecule has 0 spiro atoms. The molecule has 1 atom stereocenters. The molecule has 1 N–H and O–H groups in total. The van der Waals surface area contributed by atoms with Crippen molar-refractivity contribution >= 4 is 29.1 Å². The second-order valence-corrected chi connectivity index (χ2v) is 6.01. The number of nitrogens with one attached hydrogen (secondary N) is 1. The van der Waals surface area contributed by atoms with Crippen LogP contribution < -0.4 is 10.2 Å². The van der Waals surface area contributed by atoms with Crippen LogP contribution in [0.3, 0.4) is 0 Å². The zero-order valence-electron chi connectivity index (χ0n) is 13.2. The summed E-state index contributed by atoms with van der Waals surface area (Å²) in [4.78, 5) is 34.7. The molecule has 3 rings (SSSR count). The predicted octanol–water partition coefficient (Wildman–Crippen LogP) is 2.36. The summed E-state index contributed by atoms with van der Waals surface area (Å²) in [6.45, 7) is 2.29. The molecular weight excluding hydrogens is 328 g/mol. The van der Waals surface area contributed by atoms with Gasteiger partial charge in [0.05, 0.1) is 10.7 Å². The third kappa shape index (κ3) is 3.38. The van der Waals surface area contributed by atoms with Gasteiger partial charge in [-0.1, -0.05) is 23.7 Å². The van der Waals surface area contributed by atoms with Gasteiger partial charge in [0.25, 0.3) is 5.91 Å². The van der Waals surface area contributed by atoms with Crippen LogP contribution in [0.5, 0.6) is 0 Å². The number of carbonyl (C=O) groups is 2. The number of rotatable bonds is 3. The van der Waals surface area contributed by atoms with E-state index in [4.69, 9.17) is 11.6 Å². The Morgan fingerprint density at radius 2 is 2.12 bits per heavy atom. The van der Waals surface area contributed by atoms with Crippen molar-refractivity contribution in [1.82, 2.24) is 15.3 Å². The fourth-order valence-electron chi connectivity index (χ4n) is 2.73. The van der Waals surface area contributed by atoms with E-state index in [0.29, 0.717) is 29.5 Å². The molecule has 1 aliphatic heterocycles. The third-order valence-electron chi connectivity index (χ3n) is 3.90. The van der Waals surface area contributed by atoms with Crippen molar-refractivity contribution in [2.24, 2.45) is 0 Å². The molecule has 7 heteroatoms. The van der Waals surface area contributed by atoms with Crippen LogP contribution in [-0.2, 0) is 4.79 Å². The molecule has 2 amide bonds. The SMILES string of the molecule is Cc1nccc(C(=O)NC2CCCN(c3ccccc3Cl)C2=O)n1. The Morgan fingerprint density at radius 3 is 2.88 bits per heavy atom. The minimum Gasteiger partial charge on any atom is -0.339 e. The van der Waals surface area contributed by atoms with Gasteiger partial charge in [-0.25, -0.2) is 9.97 Å². The zero-order valence-corrected chi connectivity index (χ0v) is 14.0. The number of hydrogen-bond acceptors (Lipinski definition) is 4. The van der Waals surface area contributed by atoms with Crippen LogP contribution in [0.4, 0.5) is 5.69 Å². The van der Waals surface area contributed by atoms with E-state index in [1.807, 2.05) is 12.1 Å². The number of hydrogen-bond donors (Lipinski definition) is 1. The maximum atomic E-state index is 12.7. The lowest BCUT2D eigenvalue weighted by atomic mass is 10.0. The van der Waals surface area contributed by atoms with Crippen LogP contribution in [0.15, 0.2) is 36.5 Å². The normalized spacial score (nSPS) is 17.7. The van der Waals surface area contributed by atoms with Gasteiger partial charge in [0, 0.05) is 12.7 Å². The molecule has 6 nitrogen and oxygen atoms in total. The first kappa shape index (κ1) is 16.4. The Morgan fingerprint density at radius 1 is 1.33 bits per heavy atom. The number of para-hydroxylation sites is 1. The fraction of sp³-hybridized carbons (Fsp3) is 0.294. The Kier molecular flexibility index (Phi) is 4.76. The molecule has 1 aromatic carbocycles. The van der Waals surface area contributed by atoms with Crippen molar-refractivity contribution < 1.29 is 9.59 Å². The maximum absolute atomic E-state index is 12.7. The summed E-state index contributed by atoms with van der Waals surface area (Å²) < 4.78 is 0. The van der Waals surface area contributed by atoms with E-state index < -0.39 is 6.04 Å². The number of nitrogens with zero attached hydrogens (tertiary/aromatic N) is 3. The lowest BCUT2D eigenvalue weighted by Crippen LogP contribution is -2.52. The lowest BCUT2D eigenvalue weighted by Gasteiger charge is -2.33. The lowest BCUT2D eigenvalue weighted by molar-refractivity contribution is -0.121. The highest BCUT2D eigenvalue weighted by atomic mass is 35.5. The van der Waals surface area contributed by atoms with Gasteiger partial charge in [0.15, 0.2) is 0 Å². The first-order valence-electron chi connectivity index (χ1n) is 7.72. The summed E-state index contributed by atoms with van der Waals surface area (Å²) in [5.41, 5.74) is 0.922. The zero-order chi connectivity index (χ0) is 17.1. The van der Waals surface area contributed by atoms with E-state index in [0.717, 1.165) is 6.42 Å². The molecule has 0 radical (unpaired) electrons. The molecule has 1 fully saturated rings. The minimum atomic E-state index is -0.585. The van der Waals surface area contributed by atoms with E-state index >= 15 is 0 Å². The number of amides is 2. The van der Waals surface area contributed by atoms with E-state index in [-0.39, 0.29) is 17.5 Å². The molecule has 0 aliphatic carbocycles. The van der Waals surface area contributed by atoms with Crippen LogP contribution in [0.25, 0.3) is 0 Å². The number of halogens is 1. The molecule has 124 valence electrons. The number of benzene rings is 1. The quantitative estimate of drug-likeness (QED) is 0.927. The molecular formula is C17H17ClN4O2. The Bertz CT molecular complexity index is 781. The van der Waals surface area contributed by atoms with Crippen LogP contribution in [0.2, 0.25) is 5.02 Å². The van der Waals surface area contributed by atoms with Gasteiger partial charge >= 0.3 is 0 Å². The Balaban J connectivity index is 1.76. The summed E-state index contributed by atoms with van der Waals surface area (Å²) in [6.07, 6.45) is 2.90. The predicted molar refractivity (Wildman–Crippen MR) is 91.1 cm³/mol. The molecule has 1 saturated heterocycles. The number of anilines is 1. The van der Waals surface area contributed by atoms with E-state index in [1.165, 1.54) is 12.3 Å². The van der Waals surface area contributed by atoms with Crippen LogP contribution in [-0.4, -0.2) is 34.4 Å². The molecule has 2 heterocycles. The molecule has 0 saturated carbocycles. The van der Waals surface area contributed by atoms with Crippen LogP contribution >= 0.6 is 11.6 Å². The van der Waals surface area contributed by atoms with Gasteiger partial charge in [-0.05, 0) is 38.0 Å². The number of piperidine rings is 1. The Labute approximate surface area is 144 Å². The summed E-state index contributed by atoms with van der Waals surface area (Å²) in [6, 6.07) is 8.14. The van der Waals surface area contributed by atoms with Crippen LogP contribution in [0, 0.1) is 6.92 Å². The van der Waals surface area contributed by atoms with Gasteiger partial charge in [0.1, 0.15) is 17.6 Å². The summed E-state index contributed by atoms with van der Waals surface area (Å²) in [5.74, 6) is -0.0244. The van der Waals surface area contributed by atoms with Gasteiger partial charge in [-0.3, -0.25) is 9.59 Å². The van der Waals surface area contributed by atoms with Gasteiger partial charge in [-0.15, -0.1) is 0 Å². The molecule has 0 bridgehead atoms. The van der Waals surface area contributed by atoms with Crippen molar-refractivity contribution in [3.63, 3.8) is 0 Å². The maximum Gasteiger partial charge on any atom is 0.270 e. The largest absolute Gasteiger partial charge is 0.339 e. The third-order valence-corrected chi connectivity index (χ3v) is 4.22. The number of aryl methyl sites for hydroxylation is 1. The van der Waals surface area contributed by atoms with Gasteiger partial charge < -0.3 is 10.2 Å². The molecule has 1 aliphatic rings. The van der Waals surface area contributed by atoms with Crippen molar-refractivity contribution in [2.45, 2.75) is 25.8 Å². The topological polar surface area (TPSA) is 75.2 Å². The van der Waals surface area contributed by atoms with E-state index in [9.17, 15) is 9.59 Å². The van der Waals surface area contributed by atoms with Gasteiger partial charge in [0.2, 0.25) is 5.91 Å². The average Bonchev–Trinajstić information content (AvgIpc) is 2.57. The summed E-state index contributed by atoms with van der Waals surface area (Å²) in [7, 11) is 0. The highest BCUT2D eigenvalue weighted by Gasteiger charge is 2.32. The van der Waals surface area contributed by atoms with Crippen molar-refractivity contribution in [1.29, 1.82) is 0 Å². The molecule has 1 unspecified atom stereocenters. The highest BCUT2D eigenvalue weighted by molar-refractivity contribution is 6.33. The minimum absolute atomic E-state index is 0.159. The fourth-order valence-corrected chi connectivity index (χ4v) is 2.97. The standard InChI is InChI=1S/C17H17ClN4O2/c1-11-19-9-8-13(20-11)16(23)21-14-6-4-10-22(17(14)24)15-7-3-2-5-12(15)18/h2-3,5,7-9,14H,4,6,10H2,1H3,(H,21,23). The average molecular weight is 345 g/mol. The van der Waals surface area contributed by atoms with E-state index in [2.05, 4.69) is 15.3 Å². The van der Waals surface area contributed by atoms with Crippen molar-refractivity contribution in [3.05, 3.63) is 53.1 Å². The number of aromatic nitrogens is 2. The van der Waals surface area contributed by atoms with Crippen LogP contribution in [0.1, 0.15) is 29.2 Å². The van der Waals surface area contributed by atoms with E-state index in [1.54, 1.807) is 24.0 Å². The highest BCUT2D eigenvalue weighted by Crippen LogP contribution is 2.28. The second kappa shape index (κ2) is 6.97. The first-order chi connectivity index (χ1) is 11.6. The molecule has 1 aromatic heterocycles. The van der Waals surface area contributed by atoms with Crippen molar-refractivity contribution in [3.8, 4) is 0 Å². The molecule has 24 heavy (non-hydrogen) atoms.